The Morgan fingerprint density at radius 2 is 1.88 bits per heavy atom. The number of nitrogens with one attached hydrogen (secondary N) is 1. The molecule has 24 heavy (non-hydrogen) atoms. The predicted octanol–water partition coefficient (Wildman–Crippen LogP) is 2.07. The van der Waals surface area contributed by atoms with Crippen LogP contribution < -0.4 is 11.1 Å². The van der Waals surface area contributed by atoms with Gasteiger partial charge >= 0.3 is 6.09 Å². The van der Waals surface area contributed by atoms with E-state index in [-0.39, 0.29) is 6.54 Å². The van der Waals surface area contributed by atoms with Crippen LogP contribution in [0.2, 0.25) is 5.02 Å². The van der Waals surface area contributed by atoms with E-state index >= 15 is 0 Å². The van der Waals surface area contributed by atoms with Crippen molar-refractivity contribution in [3.63, 3.8) is 0 Å². The number of alkyl carbamates (subject to hydrolysis) is 1. The zero-order valence-corrected chi connectivity index (χ0v) is 15.7. The Morgan fingerprint density at radius 3 is 2.29 bits per heavy atom. The van der Waals surface area contributed by atoms with E-state index in [9.17, 15) is 13.2 Å². The summed E-state index contributed by atoms with van der Waals surface area (Å²) in [6.45, 7) is 5.19. The first-order valence-electron chi connectivity index (χ1n) is 7.56. The van der Waals surface area contributed by atoms with Gasteiger partial charge in [0.25, 0.3) is 0 Å². The fraction of sp³-hybridized carbons (Fsp3) is 0.562. The number of carbonyl (C=O) groups is 1. The Bertz CT molecular complexity index is 727. The lowest BCUT2D eigenvalue weighted by molar-refractivity contribution is 0.0497. The monoisotopic (exact) mass is 374 g/mol. The molecule has 0 bridgehead atoms. The van der Waals surface area contributed by atoms with Gasteiger partial charge in [0.15, 0.2) is 9.84 Å². The number of halogens is 1. The molecule has 0 spiro atoms. The predicted molar refractivity (Wildman–Crippen MR) is 94.0 cm³/mol. The van der Waals surface area contributed by atoms with E-state index in [1.807, 2.05) is 0 Å². The number of ether oxygens (including phenoxy) is 1. The van der Waals surface area contributed by atoms with Gasteiger partial charge in [-0.2, -0.15) is 0 Å². The summed E-state index contributed by atoms with van der Waals surface area (Å²) in [7, 11) is -3.43. The number of nitrogens with two attached hydrogens (primary N) is 1. The molecule has 1 aromatic rings. The first-order chi connectivity index (χ1) is 10.9. The molecule has 1 amide bonds. The van der Waals surface area contributed by atoms with E-state index in [2.05, 4.69) is 5.32 Å². The van der Waals surface area contributed by atoms with Crippen molar-refractivity contribution in [3.05, 3.63) is 34.9 Å². The van der Waals surface area contributed by atoms with E-state index < -0.39 is 38.2 Å². The molecule has 3 atom stereocenters. The number of benzene rings is 1. The van der Waals surface area contributed by atoms with Gasteiger partial charge in [-0.1, -0.05) is 23.7 Å². The molecule has 0 unspecified atom stereocenters. The Morgan fingerprint density at radius 1 is 1.33 bits per heavy atom. The zero-order chi connectivity index (χ0) is 18.3. The SMILES string of the molecule is CC(C)(C)OC(=O)N[C@]1(CN)[C@H](c2ccc(Cl)cc2)[C@H]1S(C)(=O)=O. The summed E-state index contributed by atoms with van der Waals surface area (Å²) in [5.41, 5.74) is 4.86. The highest BCUT2D eigenvalue weighted by molar-refractivity contribution is 7.91. The van der Waals surface area contributed by atoms with Gasteiger partial charge in [0.1, 0.15) is 5.60 Å². The lowest BCUT2D eigenvalue weighted by atomic mass is 10.1. The van der Waals surface area contributed by atoms with Crippen LogP contribution in [0.5, 0.6) is 0 Å². The van der Waals surface area contributed by atoms with Crippen molar-refractivity contribution >= 4 is 27.5 Å². The zero-order valence-electron chi connectivity index (χ0n) is 14.2. The minimum atomic E-state index is -3.43. The molecule has 1 aliphatic carbocycles. The summed E-state index contributed by atoms with van der Waals surface area (Å²) in [4.78, 5) is 12.2. The average molecular weight is 375 g/mol. The van der Waals surface area contributed by atoms with Crippen LogP contribution >= 0.6 is 11.6 Å². The summed E-state index contributed by atoms with van der Waals surface area (Å²) in [6, 6.07) is 6.87. The maximum atomic E-state index is 12.2. The molecule has 1 saturated carbocycles. The van der Waals surface area contributed by atoms with Crippen LogP contribution in [-0.2, 0) is 14.6 Å². The second-order valence-corrected chi connectivity index (χ2v) is 9.75. The molecule has 1 aliphatic rings. The summed E-state index contributed by atoms with van der Waals surface area (Å²) in [5, 5.41) is 2.44. The largest absolute Gasteiger partial charge is 0.444 e. The van der Waals surface area contributed by atoms with Crippen LogP contribution in [0.3, 0.4) is 0 Å². The van der Waals surface area contributed by atoms with Crippen LogP contribution in [0.15, 0.2) is 24.3 Å². The first-order valence-corrected chi connectivity index (χ1v) is 9.89. The van der Waals surface area contributed by atoms with E-state index in [0.29, 0.717) is 5.02 Å². The van der Waals surface area contributed by atoms with E-state index in [1.54, 1.807) is 45.0 Å². The third kappa shape index (κ3) is 3.84. The Labute approximate surface area is 147 Å². The highest BCUT2D eigenvalue weighted by Crippen LogP contribution is 2.55. The molecule has 134 valence electrons. The van der Waals surface area contributed by atoms with Crippen molar-refractivity contribution in [1.29, 1.82) is 0 Å². The van der Waals surface area contributed by atoms with Crippen molar-refractivity contribution in [3.8, 4) is 0 Å². The van der Waals surface area contributed by atoms with E-state index in [1.165, 1.54) is 0 Å². The number of carbonyl (C=O) groups excluding carboxylic acids is 1. The van der Waals surface area contributed by atoms with Gasteiger partial charge in [0, 0.05) is 23.7 Å². The molecule has 0 heterocycles. The molecular formula is C16H23ClN2O4S. The molecule has 0 saturated heterocycles. The molecule has 8 heteroatoms. The van der Waals surface area contributed by atoms with Crippen molar-refractivity contribution in [1.82, 2.24) is 5.32 Å². The number of amides is 1. The van der Waals surface area contributed by atoms with Gasteiger partial charge in [0.2, 0.25) is 0 Å². The van der Waals surface area contributed by atoms with Crippen molar-refractivity contribution in [2.75, 3.05) is 12.8 Å². The Hall–Kier alpha value is -1.31. The minimum absolute atomic E-state index is 0.0166. The molecule has 1 fully saturated rings. The topological polar surface area (TPSA) is 98.5 Å². The molecule has 1 aromatic carbocycles. The van der Waals surface area contributed by atoms with E-state index in [4.69, 9.17) is 22.1 Å². The molecule has 0 aromatic heterocycles. The smallest absolute Gasteiger partial charge is 0.408 e. The summed E-state index contributed by atoms with van der Waals surface area (Å²) < 4.78 is 29.7. The van der Waals surface area contributed by atoms with Gasteiger partial charge in [-0.05, 0) is 38.5 Å². The molecule has 0 aliphatic heterocycles. The fourth-order valence-electron chi connectivity index (χ4n) is 3.11. The highest BCUT2D eigenvalue weighted by Gasteiger charge is 2.70. The average Bonchev–Trinajstić information content (AvgIpc) is 3.06. The van der Waals surface area contributed by atoms with Crippen LogP contribution in [-0.4, -0.2) is 43.7 Å². The van der Waals surface area contributed by atoms with Crippen LogP contribution in [0.4, 0.5) is 4.79 Å². The number of rotatable bonds is 4. The minimum Gasteiger partial charge on any atom is -0.444 e. The fourth-order valence-corrected chi connectivity index (χ4v) is 5.12. The maximum absolute atomic E-state index is 12.2. The first kappa shape index (κ1) is 19.0. The number of sulfone groups is 1. The van der Waals surface area contributed by atoms with Crippen molar-refractivity contribution in [2.24, 2.45) is 5.73 Å². The lowest BCUT2D eigenvalue weighted by Gasteiger charge is -2.24. The van der Waals surface area contributed by atoms with Gasteiger partial charge in [0.05, 0.1) is 10.8 Å². The third-order valence-corrected chi connectivity index (χ3v) is 5.89. The maximum Gasteiger partial charge on any atom is 0.408 e. The normalized spacial score (nSPS) is 26.8. The molecule has 2 rings (SSSR count). The Balaban J connectivity index is 2.34. The molecule has 3 N–H and O–H groups in total. The van der Waals surface area contributed by atoms with Gasteiger partial charge in [-0.15, -0.1) is 0 Å². The van der Waals surface area contributed by atoms with Crippen molar-refractivity contribution in [2.45, 2.75) is 43.1 Å². The second kappa shape index (κ2) is 6.20. The number of hydrogen-bond donors (Lipinski definition) is 2. The highest BCUT2D eigenvalue weighted by atomic mass is 35.5. The van der Waals surface area contributed by atoms with E-state index in [0.717, 1.165) is 11.8 Å². The second-order valence-electron chi connectivity index (χ2n) is 7.15. The van der Waals surface area contributed by atoms with Crippen LogP contribution in [0.1, 0.15) is 32.3 Å². The summed E-state index contributed by atoms with van der Waals surface area (Å²) >= 11 is 5.89. The van der Waals surface area contributed by atoms with Gasteiger partial charge < -0.3 is 15.8 Å². The summed E-state index contributed by atoms with van der Waals surface area (Å²) in [5.74, 6) is -0.442. The third-order valence-electron chi connectivity index (χ3n) is 4.02. The quantitative estimate of drug-likeness (QED) is 0.840. The van der Waals surface area contributed by atoms with Crippen molar-refractivity contribution < 1.29 is 17.9 Å². The van der Waals surface area contributed by atoms with Crippen LogP contribution in [0, 0.1) is 0 Å². The molecular weight excluding hydrogens is 352 g/mol. The molecule has 6 nitrogen and oxygen atoms in total. The molecule has 0 radical (unpaired) electrons. The standard InChI is InChI=1S/C16H23ClN2O4S/c1-15(2,3)23-14(20)19-16(9-18)12(13(16)24(4,21)22)10-5-7-11(17)8-6-10/h5-8,12-13H,9,18H2,1-4H3,(H,19,20)/t12-,13-,16-/m1/s1. The lowest BCUT2D eigenvalue weighted by Crippen LogP contribution is -2.48. The van der Waals surface area contributed by atoms with Gasteiger partial charge in [-0.25, -0.2) is 13.2 Å². The van der Waals surface area contributed by atoms with Crippen LogP contribution in [0.25, 0.3) is 0 Å². The number of hydrogen-bond acceptors (Lipinski definition) is 5. The van der Waals surface area contributed by atoms with Gasteiger partial charge in [-0.3, -0.25) is 0 Å². The Kier molecular flexibility index (Phi) is 4.92. The summed E-state index contributed by atoms with van der Waals surface area (Å²) in [6.07, 6.45) is 0.465.